The van der Waals surface area contributed by atoms with E-state index in [1.54, 1.807) is 6.20 Å². The molecule has 0 saturated heterocycles. The van der Waals surface area contributed by atoms with Crippen LogP contribution in [0.15, 0.2) is 37.1 Å². The fourth-order valence-electron chi connectivity index (χ4n) is 2.13. The fourth-order valence-corrected chi connectivity index (χ4v) is 2.13. The highest BCUT2D eigenvalue weighted by Crippen LogP contribution is 2.15. The Morgan fingerprint density at radius 2 is 2.17 bits per heavy atom. The highest BCUT2D eigenvalue weighted by atomic mass is 16.5. The Morgan fingerprint density at radius 1 is 1.33 bits per heavy atom. The van der Waals surface area contributed by atoms with Crippen LogP contribution >= 0.6 is 0 Å². The zero-order valence-corrected chi connectivity index (χ0v) is 14.7. The van der Waals surface area contributed by atoms with Gasteiger partial charge in [0, 0.05) is 37.2 Å². The van der Waals surface area contributed by atoms with Gasteiger partial charge in [0.25, 0.3) is 0 Å². The van der Waals surface area contributed by atoms with Gasteiger partial charge in [-0.1, -0.05) is 0 Å². The molecular weight excluding hydrogens is 304 g/mol. The first-order chi connectivity index (χ1) is 11.4. The lowest BCUT2D eigenvalue weighted by atomic mass is 10.2. The molecule has 2 heterocycles. The molecule has 0 unspecified atom stereocenters. The molecule has 0 radical (unpaired) electrons. The Bertz CT molecular complexity index is 632. The average Bonchev–Trinajstić information content (AvgIpc) is 3.02. The Labute approximate surface area is 143 Å². The summed E-state index contributed by atoms with van der Waals surface area (Å²) in [5.41, 5.74) is 1.66. The van der Waals surface area contributed by atoms with Gasteiger partial charge in [0.05, 0.1) is 17.6 Å². The summed E-state index contributed by atoms with van der Waals surface area (Å²) in [6.07, 6.45) is 9.30. The van der Waals surface area contributed by atoms with E-state index in [2.05, 4.69) is 19.9 Å². The summed E-state index contributed by atoms with van der Waals surface area (Å²) in [6, 6.07) is 3.90. The van der Waals surface area contributed by atoms with E-state index >= 15 is 0 Å². The van der Waals surface area contributed by atoms with Gasteiger partial charge in [-0.2, -0.15) is 0 Å². The van der Waals surface area contributed by atoms with Crippen molar-refractivity contribution < 1.29 is 9.53 Å². The van der Waals surface area contributed by atoms with Crippen LogP contribution in [0.5, 0.6) is 0 Å². The van der Waals surface area contributed by atoms with Crippen LogP contribution in [-0.2, 0) is 16.1 Å². The van der Waals surface area contributed by atoms with Crippen LogP contribution in [0.1, 0.15) is 33.6 Å². The molecule has 24 heavy (non-hydrogen) atoms. The third-order valence-electron chi connectivity index (χ3n) is 3.39. The molecule has 1 amide bonds. The summed E-state index contributed by atoms with van der Waals surface area (Å²) in [5.74, 6) is -0.0635. The van der Waals surface area contributed by atoms with E-state index in [0.717, 1.165) is 30.6 Å². The lowest BCUT2D eigenvalue weighted by Gasteiger charge is -2.18. The van der Waals surface area contributed by atoms with Gasteiger partial charge in [-0.25, -0.2) is 4.98 Å². The van der Waals surface area contributed by atoms with Gasteiger partial charge in [-0.15, -0.1) is 0 Å². The summed E-state index contributed by atoms with van der Waals surface area (Å²) in [5, 5.41) is 2.88. The van der Waals surface area contributed by atoms with E-state index in [-0.39, 0.29) is 18.1 Å². The second kappa shape index (κ2) is 8.59. The molecule has 2 aromatic heterocycles. The Kier molecular flexibility index (Phi) is 6.49. The number of pyridine rings is 1. The largest absolute Gasteiger partial charge is 0.366 e. The van der Waals surface area contributed by atoms with Gasteiger partial charge < -0.3 is 14.6 Å². The molecule has 0 bridgehead atoms. The Morgan fingerprint density at radius 3 is 2.88 bits per heavy atom. The topological polar surface area (TPSA) is 69.0 Å². The van der Waals surface area contributed by atoms with Crippen molar-refractivity contribution in [2.24, 2.45) is 0 Å². The smallest absolute Gasteiger partial charge is 0.246 e. The molecule has 130 valence electrons. The second-order valence-corrected chi connectivity index (χ2v) is 6.70. The number of carbonyl (C=O) groups is 1. The lowest BCUT2D eigenvalue weighted by Crippen LogP contribution is -2.32. The molecule has 6 heteroatoms. The predicted octanol–water partition coefficient (Wildman–Crippen LogP) is 2.66. The summed E-state index contributed by atoms with van der Waals surface area (Å²) in [6.45, 7) is 7.46. The number of unbranched alkanes of at least 4 members (excludes halogenated alkanes) is 1. The second-order valence-electron chi connectivity index (χ2n) is 6.70. The zero-order valence-electron chi connectivity index (χ0n) is 14.7. The number of aryl methyl sites for hydroxylation is 1. The third kappa shape index (κ3) is 6.50. The molecular formula is C18H26N4O2. The number of amides is 1. The van der Waals surface area contributed by atoms with E-state index < -0.39 is 0 Å². The molecule has 0 aromatic carbocycles. The predicted molar refractivity (Wildman–Crippen MR) is 93.4 cm³/mol. The lowest BCUT2D eigenvalue weighted by molar-refractivity contribution is -0.130. The zero-order chi connectivity index (χ0) is 17.4. The van der Waals surface area contributed by atoms with Gasteiger partial charge in [-0.05, 0) is 45.7 Å². The minimum absolute atomic E-state index is 0.0635. The first kappa shape index (κ1) is 18.1. The van der Waals surface area contributed by atoms with Gasteiger partial charge in [0.2, 0.25) is 5.91 Å². The Balaban J connectivity index is 1.63. The maximum Gasteiger partial charge on any atom is 0.246 e. The van der Waals surface area contributed by atoms with Crippen LogP contribution < -0.4 is 5.32 Å². The first-order valence-electron chi connectivity index (χ1n) is 8.27. The highest BCUT2D eigenvalue weighted by Gasteiger charge is 2.12. The van der Waals surface area contributed by atoms with Gasteiger partial charge in [-0.3, -0.25) is 9.78 Å². The third-order valence-corrected chi connectivity index (χ3v) is 3.39. The van der Waals surface area contributed by atoms with Gasteiger partial charge >= 0.3 is 0 Å². The van der Waals surface area contributed by atoms with Crippen molar-refractivity contribution in [1.82, 2.24) is 19.9 Å². The van der Waals surface area contributed by atoms with Crippen molar-refractivity contribution in [2.45, 2.75) is 45.8 Å². The van der Waals surface area contributed by atoms with Gasteiger partial charge in [0.1, 0.15) is 6.61 Å². The minimum Gasteiger partial charge on any atom is -0.366 e. The number of rotatable bonds is 8. The summed E-state index contributed by atoms with van der Waals surface area (Å²) >= 11 is 0. The molecule has 0 fully saturated rings. The molecule has 2 aromatic rings. The number of imidazole rings is 1. The molecule has 0 saturated carbocycles. The maximum absolute atomic E-state index is 11.6. The standard InChI is InChI=1S/C18H26N4O2/c1-18(2,3)24-13-17(23)20-9-4-5-10-22-12-16(21-14-22)15-7-6-8-19-11-15/h6-8,11-12,14H,4-5,9-10,13H2,1-3H3,(H,20,23). The van der Waals surface area contributed by atoms with Crippen LogP contribution in [0, 0.1) is 0 Å². The van der Waals surface area contributed by atoms with Crippen LogP contribution in [0.2, 0.25) is 0 Å². The van der Waals surface area contributed by atoms with E-state index in [4.69, 9.17) is 4.74 Å². The molecule has 6 nitrogen and oxygen atoms in total. The number of aromatic nitrogens is 3. The fraction of sp³-hybridized carbons (Fsp3) is 0.500. The maximum atomic E-state index is 11.6. The van der Waals surface area contributed by atoms with Crippen LogP contribution in [-0.4, -0.2) is 39.2 Å². The molecule has 1 N–H and O–H groups in total. The monoisotopic (exact) mass is 330 g/mol. The number of nitrogens with one attached hydrogen (secondary N) is 1. The Hall–Kier alpha value is -2.21. The minimum atomic E-state index is -0.287. The van der Waals surface area contributed by atoms with Crippen molar-refractivity contribution in [3.63, 3.8) is 0 Å². The SMILES string of the molecule is CC(C)(C)OCC(=O)NCCCCn1cnc(-c2cccnc2)c1. The van der Waals surface area contributed by atoms with Crippen molar-refractivity contribution >= 4 is 5.91 Å². The molecule has 2 rings (SSSR count). The highest BCUT2D eigenvalue weighted by molar-refractivity contribution is 5.77. The normalized spacial score (nSPS) is 11.5. The number of hydrogen-bond acceptors (Lipinski definition) is 4. The molecule has 0 aliphatic rings. The van der Waals surface area contributed by atoms with Crippen molar-refractivity contribution in [3.8, 4) is 11.3 Å². The number of hydrogen-bond donors (Lipinski definition) is 1. The van der Waals surface area contributed by atoms with Crippen molar-refractivity contribution in [1.29, 1.82) is 0 Å². The summed E-state index contributed by atoms with van der Waals surface area (Å²) < 4.78 is 7.50. The van der Waals surface area contributed by atoms with E-state index in [0.29, 0.717) is 6.54 Å². The number of ether oxygens (including phenoxy) is 1. The summed E-state index contributed by atoms with van der Waals surface area (Å²) in [4.78, 5) is 20.1. The van der Waals surface area contributed by atoms with E-state index in [1.165, 1.54) is 0 Å². The van der Waals surface area contributed by atoms with Crippen LogP contribution in [0.25, 0.3) is 11.3 Å². The van der Waals surface area contributed by atoms with Crippen LogP contribution in [0.4, 0.5) is 0 Å². The first-order valence-corrected chi connectivity index (χ1v) is 8.27. The van der Waals surface area contributed by atoms with Gasteiger partial charge in [0.15, 0.2) is 0 Å². The van der Waals surface area contributed by atoms with E-state index in [1.807, 2.05) is 51.6 Å². The quantitative estimate of drug-likeness (QED) is 0.756. The molecule has 0 atom stereocenters. The average molecular weight is 330 g/mol. The summed E-state index contributed by atoms with van der Waals surface area (Å²) in [7, 11) is 0. The number of carbonyl (C=O) groups excluding carboxylic acids is 1. The number of nitrogens with zero attached hydrogens (tertiary/aromatic N) is 3. The van der Waals surface area contributed by atoms with Crippen molar-refractivity contribution in [2.75, 3.05) is 13.2 Å². The van der Waals surface area contributed by atoms with E-state index in [9.17, 15) is 4.79 Å². The molecule has 0 spiro atoms. The molecule has 0 aliphatic heterocycles. The van der Waals surface area contributed by atoms with Crippen molar-refractivity contribution in [3.05, 3.63) is 37.1 Å². The van der Waals surface area contributed by atoms with Crippen LogP contribution in [0.3, 0.4) is 0 Å². The molecule has 0 aliphatic carbocycles.